The Bertz CT molecular complexity index is 779. The number of aromatic amines is 1. The summed E-state index contributed by atoms with van der Waals surface area (Å²) in [5, 5.41) is 10.7. The first kappa shape index (κ1) is 16.4. The van der Waals surface area contributed by atoms with Crippen LogP contribution in [0.2, 0.25) is 0 Å². The summed E-state index contributed by atoms with van der Waals surface area (Å²) in [7, 11) is 0. The van der Waals surface area contributed by atoms with Crippen molar-refractivity contribution in [2.45, 2.75) is 32.6 Å². The van der Waals surface area contributed by atoms with E-state index in [2.05, 4.69) is 9.98 Å². The van der Waals surface area contributed by atoms with Crippen molar-refractivity contribution in [1.82, 2.24) is 9.88 Å². The first-order chi connectivity index (χ1) is 11.5. The lowest BCUT2D eigenvalue weighted by molar-refractivity contribution is -0.127. The standard InChI is InChI=1S/C18H24N4O2/c1-12-14(15-10-13(23)5-6-16(15)21-12)11-17(19)20-7-3-9-22-8-2-4-18(22)24/h5-6,10,21,23H,2-4,7-9,11H2,1H3,(H2,19,20). The molecule has 0 bridgehead atoms. The molecule has 6 heteroatoms. The highest BCUT2D eigenvalue weighted by atomic mass is 16.3. The molecule has 0 unspecified atom stereocenters. The number of rotatable bonds is 6. The van der Waals surface area contributed by atoms with Crippen molar-refractivity contribution in [3.05, 3.63) is 29.5 Å². The Hall–Kier alpha value is -2.50. The maximum atomic E-state index is 11.5. The van der Waals surface area contributed by atoms with Gasteiger partial charge in [0.2, 0.25) is 5.91 Å². The van der Waals surface area contributed by atoms with Gasteiger partial charge in [-0.3, -0.25) is 9.79 Å². The van der Waals surface area contributed by atoms with Gasteiger partial charge in [-0.25, -0.2) is 0 Å². The Morgan fingerprint density at radius 3 is 3.04 bits per heavy atom. The van der Waals surface area contributed by atoms with Gasteiger partial charge in [-0.05, 0) is 43.5 Å². The number of aromatic hydroxyl groups is 1. The number of carbonyl (C=O) groups is 1. The average molecular weight is 328 g/mol. The number of nitrogens with two attached hydrogens (primary N) is 1. The summed E-state index contributed by atoms with van der Waals surface area (Å²) in [6.45, 7) is 4.26. The van der Waals surface area contributed by atoms with Crippen molar-refractivity contribution >= 4 is 22.6 Å². The van der Waals surface area contributed by atoms with Crippen LogP contribution in [0.15, 0.2) is 23.2 Å². The number of hydrogen-bond acceptors (Lipinski definition) is 3. The maximum absolute atomic E-state index is 11.5. The minimum atomic E-state index is 0.244. The Morgan fingerprint density at radius 1 is 1.46 bits per heavy atom. The fourth-order valence-electron chi connectivity index (χ4n) is 3.26. The van der Waals surface area contributed by atoms with Crippen molar-refractivity contribution in [2.75, 3.05) is 19.6 Å². The summed E-state index contributed by atoms with van der Waals surface area (Å²) in [6.07, 6.45) is 3.03. The van der Waals surface area contributed by atoms with Gasteiger partial charge in [0, 0.05) is 49.1 Å². The second kappa shape index (κ2) is 6.95. The van der Waals surface area contributed by atoms with Gasteiger partial charge in [0.15, 0.2) is 0 Å². The highest BCUT2D eigenvalue weighted by Gasteiger charge is 2.18. The number of hydrogen-bond donors (Lipinski definition) is 3. The number of benzene rings is 1. The number of carbonyl (C=O) groups excluding carboxylic acids is 1. The van der Waals surface area contributed by atoms with E-state index in [1.54, 1.807) is 12.1 Å². The third-order valence-electron chi connectivity index (χ3n) is 4.53. The normalized spacial score (nSPS) is 15.6. The molecule has 128 valence electrons. The Kier molecular flexibility index (Phi) is 4.74. The number of nitrogens with one attached hydrogen (secondary N) is 1. The third-order valence-corrected chi connectivity index (χ3v) is 4.53. The second-order valence-corrected chi connectivity index (χ2v) is 6.35. The quantitative estimate of drug-likeness (QED) is 0.430. The van der Waals surface area contributed by atoms with Crippen LogP contribution in [0.4, 0.5) is 0 Å². The molecule has 24 heavy (non-hydrogen) atoms. The lowest BCUT2D eigenvalue weighted by Crippen LogP contribution is -2.26. The number of H-pyrrole nitrogens is 1. The number of phenolic OH excluding ortho intramolecular Hbond substituents is 1. The van der Waals surface area contributed by atoms with E-state index in [0.717, 1.165) is 48.1 Å². The van der Waals surface area contributed by atoms with Gasteiger partial charge < -0.3 is 20.7 Å². The van der Waals surface area contributed by atoms with Crippen molar-refractivity contribution in [3.63, 3.8) is 0 Å². The molecular weight excluding hydrogens is 304 g/mol. The number of fused-ring (bicyclic) bond motifs is 1. The summed E-state index contributed by atoms with van der Waals surface area (Å²) in [5.41, 5.74) is 9.17. The van der Waals surface area contributed by atoms with E-state index < -0.39 is 0 Å². The summed E-state index contributed by atoms with van der Waals surface area (Å²) >= 11 is 0. The fourth-order valence-corrected chi connectivity index (χ4v) is 3.26. The van der Waals surface area contributed by atoms with Crippen LogP contribution in [-0.2, 0) is 11.2 Å². The molecule has 1 saturated heterocycles. The van der Waals surface area contributed by atoms with Crippen LogP contribution in [0.5, 0.6) is 5.75 Å². The molecule has 1 fully saturated rings. The van der Waals surface area contributed by atoms with E-state index in [1.807, 2.05) is 17.9 Å². The number of likely N-dealkylation sites (tertiary alicyclic amines) is 1. The summed E-state index contributed by atoms with van der Waals surface area (Å²) in [5.74, 6) is 1.07. The zero-order valence-corrected chi connectivity index (χ0v) is 14.0. The Labute approximate surface area is 141 Å². The lowest BCUT2D eigenvalue weighted by atomic mass is 10.1. The predicted molar refractivity (Wildman–Crippen MR) is 95.3 cm³/mol. The van der Waals surface area contributed by atoms with Crippen LogP contribution in [-0.4, -0.2) is 46.4 Å². The molecule has 0 saturated carbocycles. The third kappa shape index (κ3) is 3.53. The van der Waals surface area contributed by atoms with E-state index in [9.17, 15) is 9.90 Å². The lowest BCUT2D eigenvalue weighted by Gasteiger charge is -2.14. The maximum Gasteiger partial charge on any atom is 0.222 e. The molecule has 4 N–H and O–H groups in total. The molecule has 1 aromatic carbocycles. The second-order valence-electron chi connectivity index (χ2n) is 6.35. The van der Waals surface area contributed by atoms with Gasteiger partial charge >= 0.3 is 0 Å². The monoisotopic (exact) mass is 328 g/mol. The van der Waals surface area contributed by atoms with Gasteiger partial charge in [0.25, 0.3) is 0 Å². The van der Waals surface area contributed by atoms with Crippen LogP contribution in [0.3, 0.4) is 0 Å². The van der Waals surface area contributed by atoms with Gasteiger partial charge in [0.1, 0.15) is 5.75 Å². The molecule has 3 rings (SSSR count). The summed E-state index contributed by atoms with van der Waals surface area (Å²) in [6, 6.07) is 5.28. The van der Waals surface area contributed by atoms with E-state index in [4.69, 9.17) is 5.73 Å². The first-order valence-electron chi connectivity index (χ1n) is 8.41. The van der Waals surface area contributed by atoms with E-state index >= 15 is 0 Å². The summed E-state index contributed by atoms with van der Waals surface area (Å²) in [4.78, 5) is 21.2. The molecular formula is C18H24N4O2. The van der Waals surface area contributed by atoms with Crippen LogP contribution < -0.4 is 5.73 Å². The van der Waals surface area contributed by atoms with Crippen molar-refractivity contribution in [3.8, 4) is 5.75 Å². The van der Waals surface area contributed by atoms with Gasteiger partial charge in [-0.1, -0.05) is 0 Å². The van der Waals surface area contributed by atoms with Crippen LogP contribution >= 0.6 is 0 Å². The molecule has 2 heterocycles. The number of phenols is 1. The van der Waals surface area contributed by atoms with E-state index in [-0.39, 0.29) is 11.7 Å². The number of amides is 1. The molecule has 6 nitrogen and oxygen atoms in total. The highest BCUT2D eigenvalue weighted by molar-refractivity contribution is 5.92. The first-order valence-corrected chi connectivity index (χ1v) is 8.41. The van der Waals surface area contributed by atoms with Gasteiger partial charge in [0.05, 0.1) is 5.84 Å². The number of nitrogens with zero attached hydrogens (tertiary/aromatic N) is 2. The van der Waals surface area contributed by atoms with Crippen LogP contribution in [0.1, 0.15) is 30.5 Å². The van der Waals surface area contributed by atoms with E-state index in [1.165, 1.54) is 0 Å². The average Bonchev–Trinajstić information content (AvgIpc) is 3.08. The smallest absolute Gasteiger partial charge is 0.222 e. The van der Waals surface area contributed by atoms with Crippen molar-refractivity contribution < 1.29 is 9.90 Å². The predicted octanol–water partition coefficient (Wildman–Crippen LogP) is 2.09. The largest absolute Gasteiger partial charge is 0.508 e. The molecule has 1 aliphatic heterocycles. The zero-order valence-electron chi connectivity index (χ0n) is 14.0. The molecule has 1 amide bonds. The molecule has 0 atom stereocenters. The topological polar surface area (TPSA) is 94.7 Å². The van der Waals surface area contributed by atoms with Crippen LogP contribution in [0.25, 0.3) is 10.9 Å². The Balaban J connectivity index is 1.60. The fraction of sp³-hybridized carbons (Fsp3) is 0.444. The SMILES string of the molecule is Cc1[nH]c2ccc(O)cc2c1CC(N)=NCCCN1CCCC1=O. The molecule has 0 aliphatic carbocycles. The van der Waals surface area contributed by atoms with Crippen LogP contribution in [0, 0.1) is 6.92 Å². The number of aromatic nitrogens is 1. The molecule has 1 aromatic heterocycles. The molecule has 0 radical (unpaired) electrons. The minimum absolute atomic E-state index is 0.244. The summed E-state index contributed by atoms with van der Waals surface area (Å²) < 4.78 is 0. The van der Waals surface area contributed by atoms with E-state index in [0.29, 0.717) is 25.2 Å². The molecule has 0 spiro atoms. The van der Waals surface area contributed by atoms with Crippen molar-refractivity contribution in [2.24, 2.45) is 10.7 Å². The molecule has 2 aromatic rings. The van der Waals surface area contributed by atoms with Gasteiger partial charge in [-0.15, -0.1) is 0 Å². The minimum Gasteiger partial charge on any atom is -0.508 e. The Morgan fingerprint density at radius 2 is 2.29 bits per heavy atom. The highest BCUT2D eigenvalue weighted by Crippen LogP contribution is 2.26. The zero-order chi connectivity index (χ0) is 17.1. The van der Waals surface area contributed by atoms with Gasteiger partial charge in [-0.2, -0.15) is 0 Å². The number of amidine groups is 1. The number of aliphatic imine (C=N–C) groups is 1. The number of aryl methyl sites for hydroxylation is 1. The molecule has 1 aliphatic rings. The van der Waals surface area contributed by atoms with Crippen molar-refractivity contribution in [1.29, 1.82) is 0 Å².